The first-order valence-corrected chi connectivity index (χ1v) is 6.55. The summed E-state index contributed by atoms with van der Waals surface area (Å²) in [5, 5.41) is 35.0. The Morgan fingerprint density at radius 2 is 1.68 bits per heavy atom. The molecular formula is C13H8N4O4S. The third-order valence-corrected chi connectivity index (χ3v) is 3.39. The van der Waals surface area contributed by atoms with Gasteiger partial charge in [-0.3, -0.25) is 0 Å². The predicted molar refractivity (Wildman–Crippen MR) is 78.0 cm³/mol. The number of nitrogen functional groups attached to an aromatic ring is 1. The van der Waals surface area contributed by atoms with Crippen LogP contribution >= 0.6 is 11.3 Å². The van der Waals surface area contributed by atoms with Gasteiger partial charge in [0, 0.05) is 0 Å². The van der Waals surface area contributed by atoms with Gasteiger partial charge < -0.3 is 15.9 Å². The largest absolute Gasteiger partial charge is 0.478 e. The fourth-order valence-electron chi connectivity index (χ4n) is 1.55. The molecule has 0 saturated heterocycles. The zero-order valence-corrected chi connectivity index (χ0v) is 11.7. The lowest BCUT2D eigenvalue weighted by molar-refractivity contribution is 0.0696. The minimum atomic E-state index is -1.27. The molecule has 0 fully saturated rings. The Kier molecular flexibility index (Phi) is 4.15. The summed E-state index contributed by atoms with van der Waals surface area (Å²) in [4.78, 5) is 21.9. The first-order chi connectivity index (χ1) is 10.4. The second kappa shape index (κ2) is 6.02. The molecule has 1 heterocycles. The molecule has 8 nitrogen and oxygen atoms in total. The van der Waals surface area contributed by atoms with Crippen LogP contribution in [-0.4, -0.2) is 22.2 Å². The van der Waals surface area contributed by atoms with Gasteiger partial charge in [-0.2, -0.15) is 5.26 Å². The molecule has 0 aliphatic carbocycles. The quantitative estimate of drug-likeness (QED) is 0.738. The van der Waals surface area contributed by atoms with Crippen molar-refractivity contribution in [1.82, 2.24) is 0 Å². The third kappa shape index (κ3) is 3.25. The molecule has 0 amide bonds. The maximum absolute atomic E-state index is 11.0. The van der Waals surface area contributed by atoms with Crippen LogP contribution in [0.2, 0.25) is 0 Å². The maximum Gasteiger partial charge on any atom is 0.335 e. The van der Waals surface area contributed by atoms with E-state index in [1.807, 2.05) is 6.07 Å². The summed E-state index contributed by atoms with van der Waals surface area (Å²) < 4.78 is 0. The van der Waals surface area contributed by atoms with Crippen molar-refractivity contribution in [3.63, 3.8) is 0 Å². The van der Waals surface area contributed by atoms with E-state index in [2.05, 4.69) is 10.2 Å². The number of hydrogen-bond donors (Lipinski definition) is 3. The molecule has 0 atom stereocenters. The predicted octanol–water partition coefficient (Wildman–Crippen LogP) is 3.01. The second-order valence-corrected chi connectivity index (χ2v) is 5.12. The van der Waals surface area contributed by atoms with Gasteiger partial charge in [-0.15, -0.1) is 10.2 Å². The molecule has 0 aliphatic heterocycles. The van der Waals surface area contributed by atoms with Gasteiger partial charge in [0.2, 0.25) is 0 Å². The maximum atomic E-state index is 11.0. The van der Waals surface area contributed by atoms with Crippen molar-refractivity contribution in [3.8, 4) is 6.07 Å². The van der Waals surface area contributed by atoms with E-state index < -0.39 is 11.9 Å². The van der Waals surface area contributed by atoms with Crippen LogP contribution in [0.25, 0.3) is 0 Å². The lowest BCUT2D eigenvalue weighted by Crippen LogP contribution is -2.01. The van der Waals surface area contributed by atoms with Gasteiger partial charge in [-0.05, 0) is 24.3 Å². The van der Waals surface area contributed by atoms with Crippen molar-refractivity contribution >= 4 is 39.0 Å². The average Bonchev–Trinajstić information content (AvgIpc) is 2.85. The summed E-state index contributed by atoms with van der Waals surface area (Å²) in [6, 6.07) is 6.74. The number of carboxylic acids is 2. The number of benzene rings is 1. The van der Waals surface area contributed by atoms with E-state index in [9.17, 15) is 9.59 Å². The molecule has 1 aromatic heterocycles. The SMILES string of the molecule is N#Cc1cc(N=Nc2cc(C(=O)O)cc(C(=O)O)c2)sc1N. The van der Waals surface area contributed by atoms with Crippen LogP contribution in [0.15, 0.2) is 34.5 Å². The zero-order valence-electron chi connectivity index (χ0n) is 10.8. The highest BCUT2D eigenvalue weighted by Gasteiger charge is 2.11. The topological polar surface area (TPSA) is 149 Å². The molecule has 4 N–H and O–H groups in total. The minimum absolute atomic E-state index is 0.0720. The van der Waals surface area contributed by atoms with Crippen molar-refractivity contribution in [2.75, 3.05) is 5.73 Å². The molecule has 110 valence electrons. The van der Waals surface area contributed by atoms with E-state index in [-0.39, 0.29) is 22.4 Å². The van der Waals surface area contributed by atoms with Gasteiger partial charge in [-0.25, -0.2) is 9.59 Å². The molecule has 2 aromatic rings. The summed E-state index contributed by atoms with van der Waals surface area (Å²) in [5.41, 5.74) is 5.51. The average molecular weight is 316 g/mol. The Bertz CT molecular complexity index is 803. The number of thiophene rings is 1. The number of rotatable bonds is 4. The summed E-state index contributed by atoms with van der Waals surface area (Å²) in [7, 11) is 0. The smallest absolute Gasteiger partial charge is 0.335 e. The van der Waals surface area contributed by atoms with E-state index in [0.29, 0.717) is 10.0 Å². The van der Waals surface area contributed by atoms with Crippen LogP contribution in [-0.2, 0) is 0 Å². The Labute approximate surface area is 127 Å². The fraction of sp³-hybridized carbons (Fsp3) is 0. The van der Waals surface area contributed by atoms with Crippen LogP contribution in [0, 0.1) is 11.3 Å². The van der Waals surface area contributed by atoms with Gasteiger partial charge in [0.25, 0.3) is 0 Å². The molecule has 0 unspecified atom stereocenters. The number of carboxylic acid groups (broad SMARTS) is 2. The van der Waals surface area contributed by atoms with E-state index >= 15 is 0 Å². The van der Waals surface area contributed by atoms with Crippen molar-refractivity contribution in [2.24, 2.45) is 10.2 Å². The van der Waals surface area contributed by atoms with Crippen LogP contribution in [0.4, 0.5) is 15.7 Å². The molecule has 0 bridgehead atoms. The van der Waals surface area contributed by atoms with Gasteiger partial charge in [-0.1, -0.05) is 11.3 Å². The van der Waals surface area contributed by atoms with Crippen molar-refractivity contribution in [1.29, 1.82) is 5.26 Å². The molecule has 0 radical (unpaired) electrons. The van der Waals surface area contributed by atoms with E-state index in [4.69, 9.17) is 21.2 Å². The van der Waals surface area contributed by atoms with Gasteiger partial charge in [0.1, 0.15) is 16.1 Å². The van der Waals surface area contributed by atoms with Crippen LogP contribution in [0.1, 0.15) is 26.3 Å². The van der Waals surface area contributed by atoms with Gasteiger partial charge in [0.05, 0.1) is 22.4 Å². The van der Waals surface area contributed by atoms with Gasteiger partial charge in [0.15, 0.2) is 0 Å². The first-order valence-electron chi connectivity index (χ1n) is 5.73. The number of aromatic carboxylic acids is 2. The molecule has 0 aliphatic rings. The molecule has 22 heavy (non-hydrogen) atoms. The highest BCUT2D eigenvalue weighted by atomic mass is 32.1. The van der Waals surface area contributed by atoms with E-state index in [0.717, 1.165) is 17.4 Å². The summed E-state index contributed by atoms with van der Waals surface area (Å²) >= 11 is 1.04. The van der Waals surface area contributed by atoms with Gasteiger partial charge >= 0.3 is 11.9 Å². The Morgan fingerprint density at radius 3 is 2.14 bits per heavy atom. The number of anilines is 1. The standard InChI is InChI=1S/C13H8N4O4S/c14-5-8-4-10(22-11(8)15)17-16-9-2-6(12(18)19)1-7(3-9)13(20)21/h1-4H,15H2,(H,18,19)(H,20,21). The molecule has 2 rings (SSSR count). The lowest BCUT2D eigenvalue weighted by atomic mass is 10.1. The lowest BCUT2D eigenvalue weighted by Gasteiger charge is -2.00. The number of carbonyl (C=O) groups is 2. The zero-order chi connectivity index (χ0) is 16.3. The summed E-state index contributed by atoms with van der Waals surface area (Å²) in [6.45, 7) is 0. The minimum Gasteiger partial charge on any atom is -0.478 e. The number of nitriles is 1. The van der Waals surface area contributed by atoms with Crippen LogP contribution < -0.4 is 5.73 Å². The molecule has 0 spiro atoms. The normalized spacial score (nSPS) is 10.5. The van der Waals surface area contributed by atoms with Crippen molar-refractivity contribution < 1.29 is 19.8 Å². The van der Waals surface area contributed by atoms with E-state index in [1.54, 1.807) is 0 Å². The monoisotopic (exact) mass is 316 g/mol. The number of nitrogens with two attached hydrogens (primary N) is 1. The Morgan fingerprint density at radius 1 is 1.09 bits per heavy atom. The third-order valence-electron chi connectivity index (χ3n) is 2.54. The molecule has 0 saturated carbocycles. The Balaban J connectivity index is 2.39. The fourth-order valence-corrected chi connectivity index (χ4v) is 2.25. The molecular weight excluding hydrogens is 308 g/mol. The highest BCUT2D eigenvalue weighted by Crippen LogP contribution is 2.32. The Hall–Kier alpha value is -3.25. The molecule has 1 aromatic carbocycles. The summed E-state index contributed by atoms with van der Waals surface area (Å²) in [5.74, 6) is -2.54. The second-order valence-electron chi connectivity index (χ2n) is 4.05. The van der Waals surface area contributed by atoms with Crippen molar-refractivity contribution in [2.45, 2.75) is 0 Å². The van der Waals surface area contributed by atoms with Crippen LogP contribution in [0.5, 0.6) is 0 Å². The number of hydrogen-bond acceptors (Lipinski definition) is 7. The van der Waals surface area contributed by atoms with Crippen molar-refractivity contribution in [3.05, 3.63) is 41.0 Å². The highest BCUT2D eigenvalue weighted by molar-refractivity contribution is 7.19. The first kappa shape index (κ1) is 15.1. The van der Waals surface area contributed by atoms with E-state index in [1.165, 1.54) is 18.2 Å². The van der Waals surface area contributed by atoms with Crippen LogP contribution in [0.3, 0.4) is 0 Å². The molecule has 9 heteroatoms. The number of nitrogens with zero attached hydrogens (tertiary/aromatic N) is 3. The summed E-state index contributed by atoms with van der Waals surface area (Å²) in [6.07, 6.45) is 0. The number of azo groups is 1.